The molecule has 0 N–H and O–H groups in total. The highest BCUT2D eigenvalue weighted by Crippen LogP contribution is 2.18. The van der Waals surface area contributed by atoms with Gasteiger partial charge in [-0.3, -0.25) is 4.98 Å². The topological polar surface area (TPSA) is 35.0 Å². The van der Waals surface area contributed by atoms with Gasteiger partial charge >= 0.3 is 0 Å². The van der Waals surface area contributed by atoms with E-state index in [0.717, 1.165) is 24.7 Å². The Labute approximate surface area is 63.2 Å². The van der Waals surface area contributed by atoms with Gasteiger partial charge in [0.05, 0.1) is 12.8 Å². The number of nitrogens with zero attached hydrogens (tertiary/aromatic N) is 2. The zero-order valence-electron chi connectivity index (χ0n) is 5.88. The summed E-state index contributed by atoms with van der Waals surface area (Å²) >= 11 is 0. The SMILES string of the molecule is Fc1cnc2c(n1)OCCC2. The molecule has 1 aliphatic rings. The molecule has 11 heavy (non-hydrogen) atoms. The molecule has 0 fully saturated rings. The third-order valence-electron chi connectivity index (χ3n) is 1.58. The summed E-state index contributed by atoms with van der Waals surface area (Å²) in [6.07, 6.45) is 2.89. The van der Waals surface area contributed by atoms with Crippen molar-refractivity contribution in [3.8, 4) is 5.88 Å². The van der Waals surface area contributed by atoms with Crippen molar-refractivity contribution in [3.05, 3.63) is 17.8 Å². The van der Waals surface area contributed by atoms with Gasteiger partial charge in [-0.25, -0.2) is 0 Å². The summed E-state index contributed by atoms with van der Waals surface area (Å²) in [4.78, 5) is 7.42. The number of halogens is 1. The van der Waals surface area contributed by atoms with E-state index in [2.05, 4.69) is 9.97 Å². The predicted octanol–water partition coefficient (Wildman–Crippen LogP) is 0.941. The van der Waals surface area contributed by atoms with E-state index in [9.17, 15) is 4.39 Å². The second-order valence-electron chi connectivity index (χ2n) is 2.40. The molecule has 2 rings (SSSR count). The van der Waals surface area contributed by atoms with Crippen molar-refractivity contribution in [3.63, 3.8) is 0 Å². The first-order valence-corrected chi connectivity index (χ1v) is 3.50. The largest absolute Gasteiger partial charge is 0.476 e. The third-order valence-corrected chi connectivity index (χ3v) is 1.58. The van der Waals surface area contributed by atoms with Crippen LogP contribution in [0.4, 0.5) is 4.39 Å². The van der Waals surface area contributed by atoms with Gasteiger partial charge in [0.2, 0.25) is 11.8 Å². The van der Waals surface area contributed by atoms with Gasteiger partial charge in [0.15, 0.2) is 0 Å². The van der Waals surface area contributed by atoms with Crippen molar-refractivity contribution < 1.29 is 9.13 Å². The maximum absolute atomic E-state index is 12.4. The van der Waals surface area contributed by atoms with Crippen LogP contribution in [0.5, 0.6) is 5.88 Å². The molecule has 1 aromatic heterocycles. The maximum atomic E-state index is 12.4. The molecule has 1 aliphatic heterocycles. The van der Waals surface area contributed by atoms with E-state index >= 15 is 0 Å². The van der Waals surface area contributed by atoms with Crippen LogP contribution in [0.15, 0.2) is 6.20 Å². The smallest absolute Gasteiger partial charge is 0.238 e. The van der Waals surface area contributed by atoms with Crippen LogP contribution in [-0.2, 0) is 6.42 Å². The lowest BCUT2D eigenvalue weighted by atomic mass is 10.2. The van der Waals surface area contributed by atoms with Crippen LogP contribution in [0.1, 0.15) is 12.1 Å². The van der Waals surface area contributed by atoms with Crippen molar-refractivity contribution in [2.24, 2.45) is 0 Å². The van der Waals surface area contributed by atoms with Crippen LogP contribution in [0.25, 0.3) is 0 Å². The number of hydrogen-bond donors (Lipinski definition) is 0. The fourth-order valence-electron chi connectivity index (χ4n) is 1.07. The molecule has 0 bridgehead atoms. The van der Waals surface area contributed by atoms with Crippen molar-refractivity contribution in [2.45, 2.75) is 12.8 Å². The highest BCUT2D eigenvalue weighted by atomic mass is 19.1. The van der Waals surface area contributed by atoms with E-state index in [1.165, 1.54) is 0 Å². The van der Waals surface area contributed by atoms with Gasteiger partial charge in [0, 0.05) is 0 Å². The Morgan fingerprint density at radius 2 is 2.45 bits per heavy atom. The van der Waals surface area contributed by atoms with Gasteiger partial charge in [-0.05, 0) is 12.8 Å². The molecule has 0 aliphatic carbocycles. The lowest BCUT2D eigenvalue weighted by Gasteiger charge is -2.13. The number of aryl methyl sites for hydroxylation is 1. The lowest BCUT2D eigenvalue weighted by Crippen LogP contribution is -2.12. The Hall–Kier alpha value is -1.19. The Kier molecular flexibility index (Phi) is 1.45. The molecule has 0 saturated carbocycles. The standard InChI is InChI=1S/C7H7FN2O/c8-6-4-9-5-2-1-3-11-7(5)10-6/h4H,1-3H2. The van der Waals surface area contributed by atoms with Crippen LogP contribution in [0.2, 0.25) is 0 Å². The highest BCUT2D eigenvalue weighted by Gasteiger charge is 2.13. The summed E-state index contributed by atoms with van der Waals surface area (Å²) in [6.45, 7) is 0.616. The highest BCUT2D eigenvalue weighted by molar-refractivity contribution is 5.19. The molecule has 1 aromatic rings. The Bertz CT molecular complexity index is 277. The molecule has 0 radical (unpaired) electrons. The summed E-state index contributed by atoms with van der Waals surface area (Å²) in [5, 5.41) is 0. The first-order valence-electron chi connectivity index (χ1n) is 3.50. The van der Waals surface area contributed by atoms with Gasteiger partial charge in [0.1, 0.15) is 5.69 Å². The van der Waals surface area contributed by atoms with Crippen molar-refractivity contribution in [1.29, 1.82) is 0 Å². The summed E-state index contributed by atoms with van der Waals surface area (Å²) in [6, 6.07) is 0. The molecule has 2 heterocycles. The minimum absolute atomic E-state index is 0.358. The number of rotatable bonds is 0. The van der Waals surface area contributed by atoms with Crippen LogP contribution >= 0.6 is 0 Å². The second kappa shape index (κ2) is 2.45. The van der Waals surface area contributed by atoms with Crippen molar-refractivity contribution in [2.75, 3.05) is 6.61 Å². The minimum atomic E-state index is -0.578. The number of fused-ring (bicyclic) bond motifs is 1. The van der Waals surface area contributed by atoms with Crippen LogP contribution < -0.4 is 4.74 Å². The fourth-order valence-corrected chi connectivity index (χ4v) is 1.07. The summed E-state index contributed by atoms with van der Waals surface area (Å²) in [5.41, 5.74) is 0.762. The average Bonchev–Trinajstić information content (AvgIpc) is 2.04. The summed E-state index contributed by atoms with van der Waals surface area (Å²) in [5.74, 6) is -0.220. The van der Waals surface area contributed by atoms with Gasteiger partial charge in [-0.2, -0.15) is 9.37 Å². The van der Waals surface area contributed by atoms with Crippen LogP contribution in [0.3, 0.4) is 0 Å². The van der Waals surface area contributed by atoms with Gasteiger partial charge in [-0.15, -0.1) is 0 Å². The second-order valence-corrected chi connectivity index (χ2v) is 2.40. The fraction of sp³-hybridized carbons (Fsp3) is 0.429. The molecule has 0 aromatic carbocycles. The lowest BCUT2D eigenvalue weighted by molar-refractivity contribution is 0.267. The Morgan fingerprint density at radius 3 is 3.36 bits per heavy atom. The van der Waals surface area contributed by atoms with Crippen LogP contribution in [-0.4, -0.2) is 16.6 Å². The Morgan fingerprint density at radius 1 is 1.55 bits per heavy atom. The maximum Gasteiger partial charge on any atom is 0.238 e. The molecule has 0 spiro atoms. The van der Waals surface area contributed by atoms with Gasteiger partial charge < -0.3 is 4.74 Å². The van der Waals surface area contributed by atoms with E-state index in [1.54, 1.807) is 0 Å². The van der Waals surface area contributed by atoms with E-state index in [1.807, 2.05) is 0 Å². The third kappa shape index (κ3) is 1.15. The zero-order valence-corrected chi connectivity index (χ0v) is 5.88. The molecule has 0 atom stereocenters. The van der Waals surface area contributed by atoms with Crippen molar-refractivity contribution >= 4 is 0 Å². The molecule has 4 heteroatoms. The average molecular weight is 154 g/mol. The van der Waals surface area contributed by atoms with E-state index in [4.69, 9.17) is 4.74 Å². The molecular weight excluding hydrogens is 147 g/mol. The number of hydrogen-bond acceptors (Lipinski definition) is 3. The van der Waals surface area contributed by atoms with E-state index < -0.39 is 5.95 Å². The quantitative estimate of drug-likeness (QED) is 0.557. The first kappa shape index (κ1) is 6.52. The number of aromatic nitrogens is 2. The van der Waals surface area contributed by atoms with E-state index in [0.29, 0.717) is 12.5 Å². The minimum Gasteiger partial charge on any atom is -0.476 e. The molecule has 0 amide bonds. The molecule has 58 valence electrons. The number of ether oxygens (including phenoxy) is 1. The summed E-state index contributed by atoms with van der Waals surface area (Å²) < 4.78 is 17.5. The van der Waals surface area contributed by atoms with Gasteiger partial charge in [0.25, 0.3) is 0 Å². The van der Waals surface area contributed by atoms with Crippen molar-refractivity contribution in [1.82, 2.24) is 9.97 Å². The van der Waals surface area contributed by atoms with Gasteiger partial charge in [-0.1, -0.05) is 0 Å². The molecule has 0 unspecified atom stereocenters. The predicted molar refractivity (Wildman–Crippen MR) is 35.8 cm³/mol. The zero-order chi connectivity index (χ0) is 7.68. The Balaban J connectivity index is 2.43. The molecular formula is C7H7FN2O. The first-order chi connectivity index (χ1) is 5.36. The summed E-state index contributed by atoms with van der Waals surface area (Å²) in [7, 11) is 0. The normalized spacial score (nSPS) is 15.4. The monoisotopic (exact) mass is 154 g/mol. The molecule has 3 nitrogen and oxygen atoms in total. The molecule has 0 saturated heterocycles. The van der Waals surface area contributed by atoms with Crippen LogP contribution in [0, 0.1) is 5.95 Å². The van der Waals surface area contributed by atoms with E-state index in [-0.39, 0.29) is 0 Å².